The third-order valence-electron chi connectivity index (χ3n) is 1.40. The number of methoxy groups -OCH3 is 1. The standard InChI is InChI=1S/C7H10N2O2S/c1-11-6-4-5(8)2-3-7(6)12(9)10/h2-4H,8-9H2,1H3. The fourth-order valence-corrected chi connectivity index (χ4v) is 1.39. The highest BCUT2D eigenvalue weighted by Crippen LogP contribution is 2.22. The average molecular weight is 186 g/mol. The molecule has 0 saturated heterocycles. The van der Waals surface area contributed by atoms with Crippen LogP contribution >= 0.6 is 0 Å². The molecule has 4 nitrogen and oxygen atoms in total. The maximum Gasteiger partial charge on any atom is 0.138 e. The van der Waals surface area contributed by atoms with E-state index >= 15 is 0 Å². The Morgan fingerprint density at radius 3 is 2.67 bits per heavy atom. The molecule has 12 heavy (non-hydrogen) atoms. The number of hydrogen-bond donors (Lipinski definition) is 2. The molecule has 0 aliphatic rings. The van der Waals surface area contributed by atoms with Gasteiger partial charge in [-0.15, -0.1) is 0 Å². The SMILES string of the molecule is COc1cc(N)ccc1S(N)=O. The van der Waals surface area contributed by atoms with Crippen LogP contribution in [0.15, 0.2) is 23.1 Å². The van der Waals surface area contributed by atoms with E-state index in [9.17, 15) is 4.21 Å². The van der Waals surface area contributed by atoms with Crippen LogP contribution in [0.3, 0.4) is 0 Å². The van der Waals surface area contributed by atoms with Crippen molar-refractivity contribution in [1.82, 2.24) is 0 Å². The highest BCUT2D eigenvalue weighted by Gasteiger charge is 2.06. The van der Waals surface area contributed by atoms with E-state index in [1.165, 1.54) is 7.11 Å². The van der Waals surface area contributed by atoms with Gasteiger partial charge < -0.3 is 10.5 Å². The highest BCUT2D eigenvalue weighted by atomic mass is 32.2. The van der Waals surface area contributed by atoms with Crippen LogP contribution in [0.5, 0.6) is 5.75 Å². The van der Waals surface area contributed by atoms with Crippen molar-refractivity contribution in [2.45, 2.75) is 4.90 Å². The number of nitrogens with two attached hydrogens (primary N) is 2. The van der Waals surface area contributed by atoms with E-state index in [4.69, 9.17) is 15.6 Å². The largest absolute Gasteiger partial charge is 0.495 e. The fraction of sp³-hybridized carbons (Fsp3) is 0.143. The summed E-state index contributed by atoms with van der Waals surface area (Å²) in [4.78, 5) is 0.451. The minimum Gasteiger partial charge on any atom is -0.495 e. The molecule has 5 heteroatoms. The molecule has 0 radical (unpaired) electrons. The molecule has 1 aromatic rings. The molecular weight excluding hydrogens is 176 g/mol. The molecule has 0 bridgehead atoms. The summed E-state index contributed by atoms with van der Waals surface area (Å²) in [5.74, 6) is 0.454. The number of ether oxygens (including phenoxy) is 1. The third-order valence-corrected chi connectivity index (χ3v) is 2.18. The molecule has 0 aliphatic heterocycles. The molecule has 1 atom stereocenters. The number of hydrogen-bond acceptors (Lipinski definition) is 3. The summed E-state index contributed by atoms with van der Waals surface area (Å²) >= 11 is 0. The lowest BCUT2D eigenvalue weighted by Gasteiger charge is -2.05. The van der Waals surface area contributed by atoms with Crippen LogP contribution < -0.4 is 15.6 Å². The topological polar surface area (TPSA) is 78.3 Å². The molecule has 1 rings (SSSR count). The van der Waals surface area contributed by atoms with E-state index in [-0.39, 0.29) is 0 Å². The predicted octanol–water partition coefficient (Wildman–Crippen LogP) is 0.259. The summed E-state index contributed by atoms with van der Waals surface area (Å²) in [5, 5.41) is 5.19. The highest BCUT2D eigenvalue weighted by molar-refractivity contribution is 7.82. The van der Waals surface area contributed by atoms with E-state index in [1.807, 2.05) is 0 Å². The van der Waals surface area contributed by atoms with Crippen molar-refractivity contribution in [2.75, 3.05) is 12.8 Å². The first-order chi connectivity index (χ1) is 5.65. The molecule has 66 valence electrons. The van der Waals surface area contributed by atoms with E-state index in [1.54, 1.807) is 18.2 Å². The third kappa shape index (κ3) is 1.75. The van der Waals surface area contributed by atoms with Crippen LogP contribution in [0.1, 0.15) is 0 Å². The summed E-state index contributed by atoms with van der Waals surface area (Å²) in [5.41, 5.74) is 6.04. The molecule has 0 amide bonds. The summed E-state index contributed by atoms with van der Waals surface area (Å²) in [6.07, 6.45) is 0. The summed E-state index contributed by atoms with van der Waals surface area (Å²) in [6.45, 7) is 0. The Morgan fingerprint density at radius 1 is 1.50 bits per heavy atom. The Kier molecular flexibility index (Phi) is 2.67. The van der Waals surface area contributed by atoms with E-state index in [2.05, 4.69) is 0 Å². The summed E-state index contributed by atoms with van der Waals surface area (Å²) < 4.78 is 15.8. The zero-order chi connectivity index (χ0) is 9.14. The molecule has 0 aliphatic carbocycles. The van der Waals surface area contributed by atoms with Gasteiger partial charge in [0.2, 0.25) is 0 Å². The maximum absolute atomic E-state index is 10.9. The first-order valence-electron chi connectivity index (χ1n) is 3.25. The van der Waals surface area contributed by atoms with Crippen molar-refractivity contribution in [3.8, 4) is 5.75 Å². The zero-order valence-electron chi connectivity index (χ0n) is 6.61. The van der Waals surface area contributed by atoms with Gasteiger partial charge in [0.05, 0.1) is 12.0 Å². The molecule has 0 saturated carbocycles. The molecule has 0 fully saturated rings. The van der Waals surface area contributed by atoms with Crippen LogP contribution in [0.2, 0.25) is 0 Å². The fourth-order valence-electron chi connectivity index (χ4n) is 0.850. The Hall–Kier alpha value is -1.07. The van der Waals surface area contributed by atoms with E-state index in [0.717, 1.165) is 0 Å². The number of benzene rings is 1. The van der Waals surface area contributed by atoms with Gasteiger partial charge in [0.15, 0.2) is 0 Å². The van der Waals surface area contributed by atoms with Crippen molar-refractivity contribution >= 4 is 16.7 Å². The monoisotopic (exact) mass is 186 g/mol. The lowest BCUT2D eigenvalue weighted by Crippen LogP contribution is -2.05. The van der Waals surface area contributed by atoms with Gasteiger partial charge in [-0.1, -0.05) is 0 Å². The lowest BCUT2D eigenvalue weighted by molar-refractivity contribution is 0.404. The lowest BCUT2D eigenvalue weighted by atomic mass is 10.3. The molecule has 0 aromatic heterocycles. The van der Waals surface area contributed by atoms with Crippen LogP contribution in [-0.2, 0) is 11.0 Å². The van der Waals surface area contributed by atoms with Gasteiger partial charge in [-0.3, -0.25) is 0 Å². The zero-order valence-corrected chi connectivity index (χ0v) is 7.43. The Morgan fingerprint density at radius 2 is 2.17 bits per heavy atom. The average Bonchev–Trinajstić information content (AvgIpc) is 2.03. The van der Waals surface area contributed by atoms with Gasteiger partial charge >= 0.3 is 0 Å². The quantitative estimate of drug-likeness (QED) is 0.650. The van der Waals surface area contributed by atoms with Crippen LogP contribution in [0.4, 0.5) is 5.69 Å². The number of rotatable bonds is 2. The second kappa shape index (κ2) is 3.55. The second-order valence-corrected chi connectivity index (χ2v) is 3.24. The number of anilines is 1. The second-order valence-electron chi connectivity index (χ2n) is 2.21. The van der Waals surface area contributed by atoms with Crippen LogP contribution in [-0.4, -0.2) is 11.3 Å². The Labute approximate surface area is 73.1 Å². The molecule has 0 spiro atoms. The van der Waals surface area contributed by atoms with Gasteiger partial charge in [0.25, 0.3) is 0 Å². The van der Waals surface area contributed by atoms with E-state index < -0.39 is 11.0 Å². The molecule has 1 aromatic carbocycles. The maximum atomic E-state index is 10.9. The summed E-state index contributed by atoms with van der Waals surface area (Å²) in [6, 6.07) is 4.80. The molecule has 0 heterocycles. The van der Waals surface area contributed by atoms with Gasteiger partial charge in [-0.25, -0.2) is 9.35 Å². The minimum absolute atomic E-state index is 0.451. The van der Waals surface area contributed by atoms with Crippen LogP contribution in [0.25, 0.3) is 0 Å². The van der Waals surface area contributed by atoms with Gasteiger partial charge in [-0.2, -0.15) is 0 Å². The smallest absolute Gasteiger partial charge is 0.138 e. The molecular formula is C7H10N2O2S. The van der Waals surface area contributed by atoms with Crippen molar-refractivity contribution < 1.29 is 8.95 Å². The Balaban J connectivity index is 3.20. The summed E-state index contributed by atoms with van der Waals surface area (Å²) in [7, 11) is -0.0519. The molecule has 1 unspecified atom stereocenters. The van der Waals surface area contributed by atoms with Crippen molar-refractivity contribution in [1.29, 1.82) is 0 Å². The number of nitrogen functional groups attached to an aromatic ring is 1. The Bertz CT molecular complexity index is 314. The van der Waals surface area contributed by atoms with Crippen molar-refractivity contribution in [3.05, 3.63) is 18.2 Å². The first kappa shape index (κ1) is 9.02. The van der Waals surface area contributed by atoms with Crippen molar-refractivity contribution in [3.63, 3.8) is 0 Å². The molecule has 4 N–H and O–H groups in total. The van der Waals surface area contributed by atoms with Crippen LogP contribution in [0, 0.1) is 0 Å². The normalized spacial score (nSPS) is 12.5. The van der Waals surface area contributed by atoms with E-state index in [0.29, 0.717) is 16.3 Å². The predicted molar refractivity (Wildman–Crippen MR) is 48.0 cm³/mol. The van der Waals surface area contributed by atoms with Gasteiger partial charge in [0.1, 0.15) is 16.7 Å². The first-order valence-corrected chi connectivity index (χ1v) is 4.46. The van der Waals surface area contributed by atoms with Gasteiger partial charge in [-0.05, 0) is 12.1 Å². The van der Waals surface area contributed by atoms with Crippen molar-refractivity contribution in [2.24, 2.45) is 5.14 Å². The minimum atomic E-state index is -1.53. The van der Waals surface area contributed by atoms with Gasteiger partial charge in [0, 0.05) is 11.8 Å².